The number of carbonyl (C=O) groups is 1. The number of ketones is 1. The van der Waals surface area contributed by atoms with Gasteiger partial charge in [-0.3, -0.25) is 4.79 Å². The Kier molecular flexibility index (Phi) is 5.11. The second-order valence-electron chi connectivity index (χ2n) is 4.88. The monoisotopic (exact) mass is 318 g/mol. The molecule has 0 bridgehead atoms. The Morgan fingerprint density at radius 3 is 2.18 bits per heavy atom. The fraction of sp³-hybridized carbons (Fsp3) is 0.235. The maximum Gasteiger partial charge on any atom is 0.226 e. The molecule has 1 atom stereocenters. The molecule has 0 spiro atoms. The van der Waals surface area contributed by atoms with Crippen LogP contribution >= 0.6 is 0 Å². The zero-order valence-corrected chi connectivity index (χ0v) is 13.3. The molecule has 22 heavy (non-hydrogen) atoms. The van der Waals surface area contributed by atoms with Crippen molar-refractivity contribution in [3.05, 3.63) is 65.7 Å². The topological polar surface area (TPSA) is 60.4 Å². The summed E-state index contributed by atoms with van der Waals surface area (Å²) >= 11 is 0. The van der Waals surface area contributed by atoms with Crippen LogP contribution < -0.4 is 0 Å². The van der Waals surface area contributed by atoms with E-state index in [1.807, 2.05) is 6.92 Å². The summed E-state index contributed by atoms with van der Waals surface area (Å²) < 4.78 is 30.7. The molecule has 5 heteroatoms. The van der Waals surface area contributed by atoms with E-state index in [9.17, 15) is 13.2 Å². The second kappa shape index (κ2) is 6.85. The van der Waals surface area contributed by atoms with Gasteiger partial charge in [-0.2, -0.15) is 0 Å². The Morgan fingerprint density at radius 2 is 1.64 bits per heavy atom. The number of Topliss-reactive ketones (excluding diaryl/α,β-unsaturated/α-hetero) is 1. The quantitative estimate of drug-likeness (QED) is 0.768. The molecule has 0 aromatic heterocycles. The van der Waals surface area contributed by atoms with Crippen LogP contribution in [0.25, 0.3) is 0 Å². The maximum absolute atomic E-state index is 12.7. The van der Waals surface area contributed by atoms with Gasteiger partial charge in [0.2, 0.25) is 21.1 Å². The van der Waals surface area contributed by atoms with Crippen molar-refractivity contribution in [2.24, 2.45) is 0 Å². The Hall–Kier alpha value is -1.98. The number of hydrogen-bond donors (Lipinski definition) is 0. The van der Waals surface area contributed by atoms with Gasteiger partial charge in [-0.1, -0.05) is 48.0 Å². The highest BCUT2D eigenvalue weighted by molar-refractivity contribution is 7.92. The number of sulfone groups is 1. The molecule has 0 aliphatic carbocycles. The molecule has 4 nitrogen and oxygen atoms in total. The van der Waals surface area contributed by atoms with Crippen molar-refractivity contribution < 1.29 is 17.9 Å². The largest absolute Gasteiger partial charge is 0.355 e. The van der Waals surface area contributed by atoms with E-state index in [0.717, 1.165) is 5.56 Å². The summed E-state index contributed by atoms with van der Waals surface area (Å²) in [7, 11) is -3.90. The minimum Gasteiger partial charge on any atom is -0.355 e. The van der Waals surface area contributed by atoms with E-state index >= 15 is 0 Å². The van der Waals surface area contributed by atoms with Crippen molar-refractivity contribution in [3.63, 3.8) is 0 Å². The highest BCUT2D eigenvalue weighted by atomic mass is 32.2. The highest BCUT2D eigenvalue weighted by Gasteiger charge is 2.35. The fourth-order valence-corrected chi connectivity index (χ4v) is 3.54. The summed E-state index contributed by atoms with van der Waals surface area (Å²) in [5.41, 5.74) is -0.263. The Labute approximate surface area is 130 Å². The third kappa shape index (κ3) is 3.43. The lowest BCUT2D eigenvalue weighted by Gasteiger charge is -2.17. The van der Waals surface area contributed by atoms with Gasteiger partial charge in [-0.25, -0.2) is 8.42 Å². The molecule has 0 amide bonds. The maximum atomic E-state index is 12.7. The molecule has 1 unspecified atom stereocenters. The Balaban J connectivity index is 2.42. The molecule has 0 saturated carbocycles. The summed E-state index contributed by atoms with van der Waals surface area (Å²) in [4.78, 5) is 12.6. The molecular weight excluding hydrogens is 300 g/mol. The van der Waals surface area contributed by atoms with Gasteiger partial charge in [0.25, 0.3) is 0 Å². The van der Waals surface area contributed by atoms with E-state index in [1.165, 1.54) is 12.1 Å². The summed E-state index contributed by atoms with van der Waals surface area (Å²) in [6, 6.07) is 14.7. The Morgan fingerprint density at radius 1 is 1.05 bits per heavy atom. The lowest BCUT2D eigenvalue weighted by molar-refractivity contribution is 0.0686. The molecular formula is C17H18O4S. The smallest absolute Gasteiger partial charge is 0.226 e. The first-order chi connectivity index (χ1) is 10.5. The molecule has 0 radical (unpaired) electrons. The molecule has 0 aliphatic rings. The number of ether oxygens (including phenoxy) is 1. The summed E-state index contributed by atoms with van der Waals surface area (Å²) in [5, 5.41) is 0. The third-order valence-electron chi connectivity index (χ3n) is 3.22. The fourth-order valence-electron chi connectivity index (χ4n) is 2.05. The lowest BCUT2D eigenvalue weighted by Crippen LogP contribution is -2.33. The first-order valence-electron chi connectivity index (χ1n) is 6.98. The standard InChI is InChI=1S/C17H18O4S/c1-3-21-17(16(18)14-7-5-4-6-8-14)22(19,20)15-11-9-13(2)10-12-15/h4-12,17H,3H2,1-2H3. The SMILES string of the molecule is CCOC(C(=O)c1ccccc1)S(=O)(=O)c1ccc(C)cc1. The molecule has 0 aliphatic heterocycles. The van der Waals surface area contributed by atoms with Crippen LogP contribution in [0.15, 0.2) is 59.5 Å². The average molecular weight is 318 g/mol. The third-order valence-corrected chi connectivity index (χ3v) is 5.06. The number of carbonyl (C=O) groups excluding carboxylic acids is 1. The van der Waals surface area contributed by atoms with E-state index in [1.54, 1.807) is 49.4 Å². The summed E-state index contributed by atoms with van der Waals surface area (Å²) in [6.45, 7) is 3.66. The van der Waals surface area contributed by atoms with Gasteiger partial charge in [-0.05, 0) is 26.0 Å². The highest BCUT2D eigenvalue weighted by Crippen LogP contribution is 2.21. The number of aryl methyl sites for hydroxylation is 1. The van der Waals surface area contributed by atoms with Crippen molar-refractivity contribution in [1.82, 2.24) is 0 Å². The summed E-state index contributed by atoms with van der Waals surface area (Å²) in [5.74, 6) is -0.553. The van der Waals surface area contributed by atoms with Gasteiger partial charge in [0, 0.05) is 12.2 Å². The van der Waals surface area contributed by atoms with Crippen LogP contribution in [0.1, 0.15) is 22.8 Å². The molecule has 0 fully saturated rings. The van der Waals surface area contributed by atoms with Gasteiger partial charge in [-0.15, -0.1) is 0 Å². The molecule has 0 N–H and O–H groups in total. The van der Waals surface area contributed by atoms with Crippen LogP contribution in [-0.2, 0) is 14.6 Å². The Bertz CT molecular complexity index is 734. The molecule has 0 heterocycles. The van der Waals surface area contributed by atoms with E-state index in [2.05, 4.69) is 0 Å². The van der Waals surface area contributed by atoms with Crippen molar-refractivity contribution in [2.75, 3.05) is 6.61 Å². The van der Waals surface area contributed by atoms with Gasteiger partial charge in [0.05, 0.1) is 4.90 Å². The first kappa shape index (κ1) is 16.4. The number of benzene rings is 2. The minimum absolute atomic E-state index is 0.0841. The van der Waals surface area contributed by atoms with Crippen molar-refractivity contribution in [2.45, 2.75) is 24.2 Å². The van der Waals surface area contributed by atoms with Gasteiger partial charge in [0.1, 0.15) is 0 Å². The summed E-state index contributed by atoms with van der Waals surface area (Å²) in [6.07, 6.45) is 0. The van der Waals surface area contributed by atoms with E-state index in [4.69, 9.17) is 4.74 Å². The lowest BCUT2D eigenvalue weighted by atomic mass is 10.1. The molecule has 0 saturated heterocycles. The number of hydrogen-bond acceptors (Lipinski definition) is 4. The van der Waals surface area contributed by atoms with Gasteiger partial charge in [0.15, 0.2) is 0 Å². The molecule has 116 valence electrons. The van der Waals surface area contributed by atoms with Crippen molar-refractivity contribution in [1.29, 1.82) is 0 Å². The van der Waals surface area contributed by atoms with Crippen LogP contribution in [0.5, 0.6) is 0 Å². The second-order valence-corrected chi connectivity index (χ2v) is 6.87. The van der Waals surface area contributed by atoms with Crippen LogP contribution in [0, 0.1) is 6.92 Å². The van der Waals surface area contributed by atoms with E-state index in [-0.39, 0.29) is 11.5 Å². The van der Waals surface area contributed by atoms with E-state index in [0.29, 0.717) is 5.56 Å². The predicted molar refractivity (Wildman–Crippen MR) is 84.6 cm³/mol. The van der Waals surface area contributed by atoms with Crippen LogP contribution in [0.4, 0.5) is 0 Å². The zero-order chi connectivity index (χ0) is 16.2. The zero-order valence-electron chi connectivity index (χ0n) is 12.5. The first-order valence-corrected chi connectivity index (χ1v) is 8.53. The molecule has 2 aromatic rings. The normalized spacial score (nSPS) is 12.8. The van der Waals surface area contributed by atoms with Gasteiger partial charge >= 0.3 is 0 Å². The minimum atomic E-state index is -3.90. The van der Waals surface area contributed by atoms with Crippen molar-refractivity contribution >= 4 is 15.6 Å². The predicted octanol–water partition coefficient (Wildman–Crippen LogP) is 3.01. The molecule has 2 aromatic carbocycles. The van der Waals surface area contributed by atoms with Crippen molar-refractivity contribution in [3.8, 4) is 0 Å². The van der Waals surface area contributed by atoms with E-state index < -0.39 is 21.1 Å². The van der Waals surface area contributed by atoms with Crippen LogP contribution in [0.2, 0.25) is 0 Å². The van der Waals surface area contributed by atoms with Crippen LogP contribution in [-0.4, -0.2) is 26.2 Å². The molecule has 2 rings (SSSR count). The average Bonchev–Trinajstić information content (AvgIpc) is 2.53. The van der Waals surface area contributed by atoms with Gasteiger partial charge < -0.3 is 4.74 Å². The van der Waals surface area contributed by atoms with Crippen LogP contribution in [0.3, 0.4) is 0 Å². The number of rotatable bonds is 6.